The zero-order chi connectivity index (χ0) is 72.4. The summed E-state index contributed by atoms with van der Waals surface area (Å²) < 4.78 is 77.2. The molecule has 31 nitrogen and oxygen atoms in total. The molecule has 0 spiro atoms. The highest BCUT2D eigenvalue weighted by molar-refractivity contribution is 9.09. The van der Waals surface area contributed by atoms with Crippen LogP contribution in [0.5, 0.6) is 5.75 Å². The van der Waals surface area contributed by atoms with Crippen LogP contribution in [0.3, 0.4) is 0 Å². The summed E-state index contributed by atoms with van der Waals surface area (Å²) in [7, 11) is 0. The molecule has 4 atom stereocenters. The lowest BCUT2D eigenvalue weighted by Crippen LogP contribution is -2.45. The average Bonchev–Trinajstić information content (AvgIpc) is 0.944. The van der Waals surface area contributed by atoms with E-state index in [2.05, 4.69) is 47.5 Å². The molecule has 1 saturated heterocycles. The van der Waals surface area contributed by atoms with Gasteiger partial charge in [0.05, 0.1) is 201 Å². The second kappa shape index (κ2) is 66.3. The SMILES string of the molecule is NC(=O)[C@H](Cc1ccc(O)cc1)NC[C@H](CCCN=C(N)N)CCC(=O)[C@@H]1CSCC(=O)NCCOCCOCC(=O)NCC[C@@H](CCCCNC(=O)CCOCCOCCOCCOCCOCCOCCOCCOCCOCCOCCOCCOCCCC(=O)CBr)C(=O)CN1. The highest BCUT2D eigenvalue weighted by Gasteiger charge is 2.26. The van der Waals surface area contributed by atoms with Crippen molar-refractivity contribution in [2.45, 2.75) is 89.1 Å². The number of aliphatic imine (C=N–C) groups is 1. The van der Waals surface area contributed by atoms with Crippen LogP contribution in [0.15, 0.2) is 29.3 Å². The van der Waals surface area contributed by atoms with E-state index in [4.69, 9.17) is 83.5 Å². The zero-order valence-electron chi connectivity index (χ0n) is 58.8. The van der Waals surface area contributed by atoms with Crippen molar-refractivity contribution >= 4 is 74.6 Å². The Morgan fingerprint density at radius 1 is 0.610 bits per heavy atom. The van der Waals surface area contributed by atoms with Crippen molar-refractivity contribution in [3.8, 4) is 5.75 Å². The van der Waals surface area contributed by atoms with Crippen LogP contribution in [0.25, 0.3) is 0 Å². The number of alkyl halides is 1. The highest BCUT2D eigenvalue weighted by atomic mass is 79.9. The lowest BCUT2D eigenvalue weighted by atomic mass is 9.92. The molecular weight excluding hydrogens is 1390 g/mol. The predicted molar refractivity (Wildman–Crippen MR) is 380 cm³/mol. The normalized spacial score (nSPS) is 16.2. The van der Waals surface area contributed by atoms with Gasteiger partial charge in [-0.2, -0.15) is 0 Å². The quantitative estimate of drug-likeness (QED) is 0.0186. The van der Waals surface area contributed by atoms with Crippen LogP contribution in [0.4, 0.5) is 0 Å². The maximum Gasteiger partial charge on any atom is 0.245 e. The number of nitrogens with zero attached hydrogens (tertiary/aromatic N) is 1. The number of aromatic hydroxyl groups is 1. The van der Waals surface area contributed by atoms with Gasteiger partial charge in [0.2, 0.25) is 23.6 Å². The molecule has 1 heterocycles. The number of carbonyl (C=O) groups is 7. The summed E-state index contributed by atoms with van der Waals surface area (Å²) >= 11 is 4.41. The van der Waals surface area contributed by atoms with Gasteiger partial charge in [0.1, 0.15) is 23.9 Å². The average molecular weight is 1510 g/mol. The van der Waals surface area contributed by atoms with Crippen LogP contribution in [-0.4, -0.2) is 305 Å². The van der Waals surface area contributed by atoms with Gasteiger partial charge in [0.25, 0.3) is 0 Å². The van der Waals surface area contributed by atoms with Crippen LogP contribution in [0.1, 0.15) is 76.2 Å². The topological polar surface area (TPSA) is 420 Å². The number of phenols is 1. The maximum absolute atomic E-state index is 14.2. The van der Waals surface area contributed by atoms with Crippen LogP contribution in [0.2, 0.25) is 0 Å². The van der Waals surface area contributed by atoms with Gasteiger partial charge in [-0.05, 0) is 81.5 Å². The summed E-state index contributed by atoms with van der Waals surface area (Å²) in [4.78, 5) is 94.1. The molecule has 100 heavy (non-hydrogen) atoms. The number of nitrogens with two attached hydrogens (primary N) is 3. The van der Waals surface area contributed by atoms with Crippen LogP contribution in [-0.2, 0) is 106 Å². The standard InChI is InChI=1S/C67H118BrN9O22S/c68-48-58(79)7-4-20-86-23-25-89-27-29-91-31-33-93-35-37-95-39-41-97-43-44-98-42-40-96-38-36-94-34-32-92-30-28-90-26-24-87-21-15-63(82)72-16-2-1-6-56-14-18-73-64(83)51-99-46-45-88-22-19-74-65(84)53-100-52-60(77-50-62(56)81)61(80)13-10-55(5-3-17-75-67(70)71)49-76-59(66(69)85)47-54-8-11-57(78)12-9-54/h8-9,11-12,55-56,59-60,76-78H,1-7,10,13-53H2,(H2,69,85)(H,72,82)(H,73,83)(H,74,84)(H4,70,71,75)/t55-,56-,59+,60+/m1/s1. The molecule has 1 fully saturated rings. The first kappa shape index (κ1) is 91.5. The van der Waals surface area contributed by atoms with E-state index in [1.165, 1.54) is 23.9 Å². The van der Waals surface area contributed by atoms with Crippen LogP contribution >= 0.6 is 27.7 Å². The van der Waals surface area contributed by atoms with Crippen LogP contribution in [0, 0.1) is 11.8 Å². The number of benzene rings is 1. The van der Waals surface area contributed by atoms with Crippen molar-refractivity contribution in [1.29, 1.82) is 0 Å². The second-order valence-corrected chi connectivity index (χ2v) is 24.6. The van der Waals surface area contributed by atoms with E-state index in [9.17, 15) is 38.7 Å². The van der Waals surface area contributed by atoms with Gasteiger partial charge in [-0.3, -0.25) is 43.9 Å². The van der Waals surface area contributed by atoms with Gasteiger partial charge in [-0.25, -0.2) is 0 Å². The summed E-state index contributed by atoms with van der Waals surface area (Å²) in [6.45, 7) is 12.3. The van der Waals surface area contributed by atoms with E-state index in [0.717, 1.165) is 12.0 Å². The number of nitrogens with one attached hydrogen (secondary N) is 5. The maximum atomic E-state index is 14.2. The summed E-state index contributed by atoms with van der Waals surface area (Å²) in [6.07, 6.45) is 5.45. The Bertz CT molecular complexity index is 2280. The summed E-state index contributed by atoms with van der Waals surface area (Å²) in [5, 5.41) is 25.1. The fourth-order valence-electron chi connectivity index (χ4n) is 9.37. The monoisotopic (exact) mass is 1510 g/mol. The number of hydrogen-bond acceptors (Lipinski definition) is 26. The van der Waals surface area contributed by atoms with E-state index in [-0.39, 0.29) is 136 Å². The number of rotatable bonds is 60. The minimum absolute atomic E-state index is 0.0365. The largest absolute Gasteiger partial charge is 0.508 e. The molecule has 12 N–H and O–H groups in total. The molecule has 1 aromatic carbocycles. The molecule has 1 aliphatic rings. The molecule has 0 bridgehead atoms. The minimum atomic E-state index is -0.785. The molecule has 0 unspecified atom stereocenters. The number of ether oxygens (including phenoxy) is 14. The molecule has 4 amide bonds. The van der Waals surface area contributed by atoms with E-state index in [0.29, 0.717) is 228 Å². The number of Topliss-reactive ketones (excluding diaryl/α,β-unsaturated/α-hetero) is 3. The van der Waals surface area contributed by atoms with Crippen molar-refractivity contribution in [1.82, 2.24) is 26.6 Å². The van der Waals surface area contributed by atoms with Gasteiger partial charge < -0.3 is 110 Å². The lowest BCUT2D eigenvalue weighted by Gasteiger charge is -2.23. The Morgan fingerprint density at radius 2 is 1.13 bits per heavy atom. The van der Waals surface area contributed by atoms with Gasteiger partial charge in [0.15, 0.2) is 11.7 Å². The molecule has 0 saturated carbocycles. The van der Waals surface area contributed by atoms with Crippen LogP contribution < -0.4 is 43.8 Å². The molecule has 1 aliphatic heterocycles. The molecule has 2 rings (SSSR count). The first-order valence-corrected chi connectivity index (χ1v) is 37.2. The number of carbonyl (C=O) groups excluding carboxylic acids is 7. The third-order valence-electron chi connectivity index (χ3n) is 14.9. The number of phenolic OH excluding ortho intramolecular Hbond substituents is 1. The van der Waals surface area contributed by atoms with E-state index >= 15 is 0 Å². The third kappa shape index (κ3) is 56.9. The zero-order valence-corrected chi connectivity index (χ0v) is 61.2. The molecule has 0 radical (unpaired) electrons. The number of primary amides is 1. The van der Waals surface area contributed by atoms with Gasteiger partial charge in [-0.15, -0.1) is 11.8 Å². The first-order valence-electron chi connectivity index (χ1n) is 35.0. The molecule has 33 heteroatoms. The van der Waals surface area contributed by atoms with Gasteiger partial charge >= 0.3 is 0 Å². The number of unbranched alkanes of at least 4 members (excludes halogenated alkanes) is 1. The van der Waals surface area contributed by atoms with Crippen molar-refractivity contribution in [3.63, 3.8) is 0 Å². The van der Waals surface area contributed by atoms with E-state index < -0.39 is 23.9 Å². The van der Waals surface area contributed by atoms with Crippen molar-refractivity contribution < 1.29 is 105 Å². The number of hydrogen-bond donors (Lipinski definition) is 9. The van der Waals surface area contributed by atoms with Crippen molar-refractivity contribution in [3.05, 3.63) is 29.8 Å². The molecule has 0 aliphatic carbocycles. The number of thioether (sulfide) groups is 1. The van der Waals surface area contributed by atoms with E-state index in [1.54, 1.807) is 12.1 Å². The number of ketones is 3. The molecule has 576 valence electrons. The Hall–Kier alpha value is -4.63. The Morgan fingerprint density at radius 3 is 1.66 bits per heavy atom. The smallest absolute Gasteiger partial charge is 0.245 e. The van der Waals surface area contributed by atoms with Crippen molar-refractivity contribution in [2.75, 3.05) is 241 Å². The fraction of sp³-hybridized carbons (Fsp3) is 0.791. The third-order valence-corrected chi connectivity index (χ3v) is 16.5. The number of amides is 4. The predicted octanol–water partition coefficient (Wildman–Crippen LogP) is 0.563. The lowest BCUT2D eigenvalue weighted by molar-refractivity contribution is -0.127. The van der Waals surface area contributed by atoms with Gasteiger partial charge in [0, 0.05) is 63.7 Å². The fourth-order valence-corrected chi connectivity index (χ4v) is 10.6. The van der Waals surface area contributed by atoms with E-state index in [1.807, 2.05) is 0 Å². The first-order chi connectivity index (χ1) is 48.8. The second-order valence-electron chi connectivity index (χ2n) is 23.0. The summed E-state index contributed by atoms with van der Waals surface area (Å²) in [6, 6.07) is 5.00. The number of guanidine groups is 1. The minimum Gasteiger partial charge on any atom is -0.508 e. The summed E-state index contributed by atoms with van der Waals surface area (Å²) in [5.41, 5.74) is 17.7. The molecular formula is C67H118BrN9O22S. The van der Waals surface area contributed by atoms with Crippen molar-refractivity contribution in [2.24, 2.45) is 34.0 Å². The Labute approximate surface area is 603 Å². The molecule has 1 aromatic rings. The highest BCUT2D eigenvalue weighted by Crippen LogP contribution is 2.19. The summed E-state index contributed by atoms with van der Waals surface area (Å²) in [5.74, 6) is -1.69. The number of halogens is 1. The Kier molecular flexibility index (Phi) is 60.7. The Balaban J connectivity index is 1.58. The van der Waals surface area contributed by atoms with Gasteiger partial charge in [-0.1, -0.05) is 34.5 Å². The molecule has 0 aromatic heterocycles.